The molecule has 0 radical (unpaired) electrons. The first kappa shape index (κ1) is 34.4. The molecule has 242 valence electrons. The van der Waals surface area contributed by atoms with Gasteiger partial charge in [0, 0.05) is 37.1 Å². The van der Waals surface area contributed by atoms with Crippen LogP contribution in [0.4, 0.5) is 0 Å². The first-order valence-electron chi connectivity index (χ1n) is 15.7. The number of hydrogen-bond donors (Lipinski definition) is 3. The number of allylic oxidation sites excluding steroid dienone is 1. The first-order valence-corrected chi connectivity index (χ1v) is 16.8. The van der Waals surface area contributed by atoms with Gasteiger partial charge in [0.1, 0.15) is 18.5 Å². The van der Waals surface area contributed by atoms with Gasteiger partial charge in [-0.25, -0.2) is 0 Å². The number of carbonyl (C=O) groups is 3. The molecule has 1 aromatic carbocycles. The number of benzene rings is 1. The smallest absolute Gasteiger partial charge is 0.247 e. The number of aliphatic hydroxyl groups excluding tert-OH is 2. The molecule has 3 saturated carbocycles. The maximum atomic E-state index is 14.0. The van der Waals surface area contributed by atoms with Gasteiger partial charge in [-0.3, -0.25) is 14.4 Å². The third kappa shape index (κ3) is 7.50. The van der Waals surface area contributed by atoms with Crippen LogP contribution >= 0.6 is 22.6 Å². The van der Waals surface area contributed by atoms with Crippen molar-refractivity contribution < 1.29 is 34.1 Å². The second-order valence-corrected chi connectivity index (χ2v) is 14.1. The van der Waals surface area contributed by atoms with Crippen molar-refractivity contribution in [2.24, 2.45) is 23.2 Å². The van der Waals surface area contributed by atoms with E-state index < -0.39 is 18.2 Å². The van der Waals surface area contributed by atoms with Crippen LogP contribution in [0, 0.1) is 26.7 Å². The number of amides is 2. The number of unbranched alkanes of at least 4 members (excludes halogenated alkanes) is 2. The molecule has 2 bridgehead atoms. The van der Waals surface area contributed by atoms with Crippen LogP contribution in [0.1, 0.15) is 75.6 Å². The summed E-state index contributed by atoms with van der Waals surface area (Å²) in [7, 11) is 1.47. The summed E-state index contributed by atoms with van der Waals surface area (Å²) in [5.74, 6) is 1.80. The molecule has 44 heavy (non-hydrogen) atoms. The van der Waals surface area contributed by atoms with Crippen LogP contribution in [0.15, 0.2) is 36.4 Å². The minimum absolute atomic E-state index is 0.0318. The summed E-state index contributed by atoms with van der Waals surface area (Å²) in [5.41, 5.74) is 1.03. The highest BCUT2D eigenvalue weighted by molar-refractivity contribution is 14.1. The Labute approximate surface area is 274 Å². The van der Waals surface area contributed by atoms with Crippen molar-refractivity contribution in [2.45, 2.75) is 83.5 Å². The van der Waals surface area contributed by atoms with Gasteiger partial charge in [-0.1, -0.05) is 19.9 Å². The molecule has 0 unspecified atom stereocenters. The molecule has 2 amide bonds. The number of hydrogen-bond acceptors (Lipinski definition) is 7. The normalized spacial score (nSPS) is 26.9. The average molecular weight is 723 g/mol. The molecular formula is C34H47IN2O7. The number of aldehydes is 1. The van der Waals surface area contributed by atoms with Crippen molar-refractivity contribution in [3.63, 3.8) is 0 Å². The van der Waals surface area contributed by atoms with Crippen LogP contribution in [0.3, 0.4) is 0 Å². The van der Waals surface area contributed by atoms with Gasteiger partial charge >= 0.3 is 0 Å². The Bertz CT molecular complexity index is 1250. The van der Waals surface area contributed by atoms with E-state index in [-0.39, 0.29) is 36.8 Å². The zero-order valence-electron chi connectivity index (χ0n) is 26.1. The SMILES string of the molecule is C=CCCCCC(=O)N(C[C@@H]1CC[C@H]2C[C@@H]1C2(C)C)[C@@H]1CC(C(=O)NCCO)=C[C@H](Oc2c(I)cc(C=O)cc2OC)[C@H]1O. The second kappa shape index (κ2) is 15.2. The van der Waals surface area contributed by atoms with Crippen molar-refractivity contribution in [2.75, 3.05) is 26.8 Å². The lowest BCUT2D eigenvalue weighted by Crippen LogP contribution is -2.59. The summed E-state index contributed by atoms with van der Waals surface area (Å²) in [6, 6.07) is 2.53. The summed E-state index contributed by atoms with van der Waals surface area (Å²) in [6.45, 7) is 8.84. The van der Waals surface area contributed by atoms with Gasteiger partial charge in [0.25, 0.3) is 0 Å². The molecule has 0 spiro atoms. The number of nitrogens with one attached hydrogen (secondary N) is 1. The Morgan fingerprint density at radius 3 is 2.66 bits per heavy atom. The Morgan fingerprint density at radius 1 is 1.25 bits per heavy atom. The number of halogens is 1. The maximum absolute atomic E-state index is 14.0. The predicted octanol–water partition coefficient (Wildman–Crippen LogP) is 4.68. The van der Waals surface area contributed by atoms with Crippen LogP contribution in [0.2, 0.25) is 0 Å². The van der Waals surface area contributed by atoms with Gasteiger partial charge in [-0.05, 0) is 102 Å². The van der Waals surface area contributed by atoms with Gasteiger partial charge in [0.05, 0.1) is 23.3 Å². The molecule has 0 heterocycles. The number of methoxy groups -OCH3 is 1. The molecule has 5 rings (SSSR count). The molecular weight excluding hydrogens is 675 g/mol. The molecule has 0 aliphatic heterocycles. The Morgan fingerprint density at radius 2 is 2.02 bits per heavy atom. The van der Waals surface area contributed by atoms with Crippen LogP contribution in [0.25, 0.3) is 0 Å². The molecule has 9 nitrogen and oxygen atoms in total. The molecule has 0 aromatic heterocycles. The van der Waals surface area contributed by atoms with Crippen molar-refractivity contribution >= 4 is 40.7 Å². The van der Waals surface area contributed by atoms with Gasteiger partial charge in [0.15, 0.2) is 11.5 Å². The van der Waals surface area contributed by atoms with Gasteiger partial charge in [-0.2, -0.15) is 0 Å². The van der Waals surface area contributed by atoms with E-state index in [9.17, 15) is 24.6 Å². The van der Waals surface area contributed by atoms with Crippen molar-refractivity contribution in [1.82, 2.24) is 10.2 Å². The summed E-state index contributed by atoms with van der Waals surface area (Å²) in [6.07, 6.45) is 8.33. The number of fused-ring (bicyclic) bond motifs is 2. The Kier molecular flexibility index (Phi) is 11.9. The second-order valence-electron chi connectivity index (χ2n) is 12.9. The summed E-state index contributed by atoms with van der Waals surface area (Å²) < 4.78 is 12.5. The van der Waals surface area contributed by atoms with E-state index in [1.54, 1.807) is 18.2 Å². The number of ether oxygens (including phenoxy) is 2. The number of aliphatic hydroxyl groups is 2. The lowest BCUT2D eigenvalue weighted by atomic mass is 9.45. The van der Waals surface area contributed by atoms with E-state index in [1.165, 1.54) is 13.5 Å². The molecule has 3 fully saturated rings. The molecule has 1 aromatic rings. The minimum Gasteiger partial charge on any atom is -0.493 e. The quantitative estimate of drug-likeness (QED) is 0.104. The average Bonchev–Trinajstić information content (AvgIpc) is 3.02. The fraction of sp³-hybridized carbons (Fsp3) is 0.618. The van der Waals surface area contributed by atoms with E-state index in [2.05, 4.69) is 48.3 Å². The largest absolute Gasteiger partial charge is 0.493 e. The highest BCUT2D eigenvalue weighted by Crippen LogP contribution is 2.61. The van der Waals surface area contributed by atoms with Crippen LogP contribution < -0.4 is 14.8 Å². The van der Waals surface area contributed by atoms with Crippen LogP contribution in [0.5, 0.6) is 11.5 Å². The van der Waals surface area contributed by atoms with Gasteiger partial charge in [0.2, 0.25) is 11.8 Å². The Balaban J connectivity index is 1.68. The maximum Gasteiger partial charge on any atom is 0.247 e. The van der Waals surface area contributed by atoms with Gasteiger partial charge < -0.3 is 29.9 Å². The summed E-state index contributed by atoms with van der Waals surface area (Å²) >= 11 is 2.05. The fourth-order valence-electron chi connectivity index (χ4n) is 7.40. The topological polar surface area (TPSA) is 125 Å². The zero-order valence-corrected chi connectivity index (χ0v) is 28.3. The molecule has 0 saturated heterocycles. The number of carbonyl (C=O) groups excluding carboxylic acids is 3. The van der Waals surface area contributed by atoms with E-state index in [4.69, 9.17) is 9.47 Å². The predicted molar refractivity (Wildman–Crippen MR) is 177 cm³/mol. The minimum atomic E-state index is -1.13. The highest BCUT2D eigenvalue weighted by Gasteiger charge is 2.55. The summed E-state index contributed by atoms with van der Waals surface area (Å²) in [5, 5.41) is 24.0. The monoisotopic (exact) mass is 722 g/mol. The molecule has 4 aliphatic carbocycles. The molecule has 6 atom stereocenters. The van der Waals surface area contributed by atoms with E-state index in [1.807, 2.05) is 11.0 Å². The lowest BCUT2D eigenvalue weighted by Gasteiger charge is -2.61. The summed E-state index contributed by atoms with van der Waals surface area (Å²) in [4.78, 5) is 40.5. The highest BCUT2D eigenvalue weighted by atomic mass is 127. The van der Waals surface area contributed by atoms with Gasteiger partial charge in [-0.15, -0.1) is 6.58 Å². The molecule has 4 aliphatic rings. The third-order valence-corrected chi connectivity index (χ3v) is 10.9. The van der Waals surface area contributed by atoms with Crippen molar-refractivity contribution in [3.8, 4) is 11.5 Å². The van der Waals surface area contributed by atoms with Crippen LogP contribution in [-0.2, 0) is 9.59 Å². The van der Waals surface area contributed by atoms with Crippen molar-refractivity contribution in [3.05, 3.63) is 45.6 Å². The van der Waals surface area contributed by atoms with E-state index >= 15 is 0 Å². The third-order valence-electron chi connectivity index (χ3n) is 10.1. The first-order chi connectivity index (χ1) is 21.0. The van der Waals surface area contributed by atoms with Crippen molar-refractivity contribution in [1.29, 1.82) is 0 Å². The standard InChI is InChI=1S/C34H47IN2O7/c1-5-6-7-8-9-30(40)37(19-22-10-11-24-18-25(22)34(24,2)3)27-16-23(33(42)36-12-13-38)17-28(31(27)41)44-32-26(35)14-21(20-39)15-29(32)43-4/h5,14-15,17,20,22,24-25,27-28,31,38,41H,1,6-13,16,18-19H2,2-4H3,(H,36,42)/t22-,24-,25-,27+,28-,31-/m0/s1. The van der Waals surface area contributed by atoms with Crippen LogP contribution in [-0.4, -0.2) is 78.3 Å². The Hall–Kier alpha value is -2.44. The van der Waals surface area contributed by atoms with E-state index in [0.717, 1.165) is 37.9 Å². The number of rotatable bonds is 15. The fourth-order valence-corrected chi connectivity index (χ4v) is 8.15. The lowest BCUT2D eigenvalue weighted by molar-refractivity contribution is -0.148. The molecule has 3 N–H and O–H groups in total. The zero-order chi connectivity index (χ0) is 32.0. The molecule has 10 heteroatoms. The van der Waals surface area contributed by atoms with E-state index in [0.29, 0.717) is 57.4 Å². The number of nitrogens with zero attached hydrogens (tertiary/aromatic N) is 1.